The van der Waals surface area contributed by atoms with Gasteiger partial charge in [0.25, 0.3) is 11.8 Å². The van der Waals surface area contributed by atoms with Gasteiger partial charge in [-0.1, -0.05) is 12.1 Å². The van der Waals surface area contributed by atoms with Crippen molar-refractivity contribution in [1.82, 2.24) is 5.32 Å². The SMILES string of the molecule is C=N/N=C(\OCc1ccc2c(c1)C(=O)NC2)C(F)F. The van der Waals surface area contributed by atoms with E-state index in [1.165, 1.54) is 0 Å². The molecule has 0 unspecified atom stereocenters. The smallest absolute Gasteiger partial charge is 0.314 e. The molecule has 19 heavy (non-hydrogen) atoms. The third-order valence-corrected chi connectivity index (χ3v) is 2.60. The molecule has 1 N–H and O–H groups in total. The number of hydrogen-bond acceptors (Lipinski definition) is 4. The van der Waals surface area contributed by atoms with Gasteiger partial charge in [0.2, 0.25) is 0 Å². The molecule has 0 radical (unpaired) electrons. The Morgan fingerprint density at radius 2 is 2.32 bits per heavy atom. The Labute approximate surface area is 108 Å². The molecule has 0 aliphatic carbocycles. The molecule has 0 atom stereocenters. The molecule has 0 saturated heterocycles. The van der Waals surface area contributed by atoms with E-state index in [1.54, 1.807) is 18.2 Å². The van der Waals surface area contributed by atoms with Gasteiger partial charge in [0.05, 0.1) is 0 Å². The zero-order valence-corrected chi connectivity index (χ0v) is 9.90. The second kappa shape index (κ2) is 5.55. The highest BCUT2D eigenvalue weighted by Crippen LogP contribution is 2.18. The van der Waals surface area contributed by atoms with Gasteiger partial charge in [-0.3, -0.25) is 4.79 Å². The highest BCUT2D eigenvalue weighted by atomic mass is 19.3. The van der Waals surface area contributed by atoms with Crippen LogP contribution in [-0.4, -0.2) is 24.9 Å². The molecule has 1 aliphatic rings. The molecule has 5 nitrogen and oxygen atoms in total. The van der Waals surface area contributed by atoms with Crippen molar-refractivity contribution >= 4 is 18.5 Å². The number of ether oxygens (including phenoxy) is 1. The van der Waals surface area contributed by atoms with Crippen LogP contribution < -0.4 is 5.32 Å². The molecule has 100 valence electrons. The molecule has 0 aromatic heterocycles. The molecule has 1 aromatic carbocycles. The molecular formula is C12H11F2N3O2. The summed E-state index contributed by atoms with van der Waals surface area (Å²) in [6.45, 7) is 3.36. The molecule has 1 aromatic rings. The van der Waals surface area contributed by atoms with Crippen molar-refractivity contribution in [2.75, 3.05) is 0 Å². The standard InChI is InChI=1S/C12H11F2N3O2/c1-15-17-12(10(13)14)19-6-7-2-3-8-5-16-11(18)9(8)4-7/h2-4,10H,1,5-6H2,(H,16,18)/b17-12-. The monoisotopic (exact) mass is 267 g/mol. The van der Waals surface area contributed by atoms with Gasteiger partial charge in [0.15, 0.2) is 0 Å². The average molecular weight is 267 g/mol. The van der Waals surface area contributed by atoms with Crippen LogP contribution in [0.5, 0.6) is 0 Å². The predicted octanol–water partition coefficient (Wildman–Crippen LogP) is 1.73. The van der Waals surface area contributed by atoms with Crippen molar-refractivity contribution in [3.05, 3.63) is 34.9 Å². The predicted molar refractivity (Wildman–Crippen MR) is 65.4 cm³/mol. The first-order valence-corrected chi connectivity index (χ1v) is 5.46. The highest BCUT2D eigenvalue weighted by molar-refractivity contribution is 5.98. The van der Waals surface area contributed by atoms with Gasteiger partial charge in [0.1, 0.15) is 6.61 Å². The summed E-state index contributed by atoms with van der Waals surface area (Å²) in [5.74, 6) is -0.965. The van der Waals surface area contributed by atoms with Crippen LogP contribution in [0, 0.1) is 0 Å². The van der Waals surface area contributed by atoms with Gasteiger partial charge >= 0.3 is 6.43 Å². The Balaban J connectivity index is 2.08. The number of hydrogen-bond donors (Lipinski definition) is 1. The molecular weight excluding hydrogens is 256 g/mol. The Bertz CT molecular complexity index is 544. The Morgan fingerprint density at radius 1 is 1.53 bits per heavy atom. The zero-order valence-electron chi connectivity index (χ0n) is 9.90. The number of nitrogens with zero attached hydrogens (tertiary/aromatic N) is 2. The van der Waals surface area contributed by atoms with Crippen molar-refractivity contribution in [3.63, 3.8) is 0 Å². The van der Waals surface area contributed by atoms with Crippen LogP contribution in [0.3, 0.4) is 0 Å². The van der Waals surface area contributed by atoms with E-state index in [2.05, 4.69) is 22.2 Å². The van der Waals surface area contributed by atoms with Crippen molar-refractivity contribution in [2.45, 2.75) is 19.6 Å². The second-order valence-corrected chi connectivity index (χ2v) is 3.84. The van der Waals surface area contributed by atoms with E-state index in [0.717, 1.165) is 5.56 Å². The van der Waals surface area contributed by atoms with Crippen LogP contribution in [0.4, 0.5) is 8.78 Å². The van der Waals surface area contributed by atoms with E-state index < -0.39 is 12.3 Å². The van der Waals surface area contributed by atoms with Crippen molar-refractivity contribution < 1.29 is 18.3 Å². The van der Waals surface area contributed by atoms with Crippen molar-refractivity contribution in [1.29, 1.82) is 0 Å². The molecule has 0 spiro atoms. The summed E-state index contributed by atoms with van der Waals surface area (Å²) in [5, 5.41) is 8.78. The summed E-state index contributed by atoms with van der Waals surface area (Å²) >= 11 is 0. The van der Waals surface area contributed by atoms with Gasteiger partial charge in [-0.25, -0.2) is 0 Å². The normalized spacial score (nSPS) is 14.3. The molecule has 7 heteroatoms. The average Bonchev–Trinajstić information content (AvgIpc) is 2.76. The Hall–Kier alpha value is -2.31. The minimum absolute atomic E-state index is 0.112. The maximum atomic E-state index is 12.5. The summed E-state index contributed by atoms with van der Waals surface area (Å²) < 4.78 is 29.8. The van der Waals surface area contributed by atoms with Crippen molar-refractivity contribution in [2.24, 2.45) is 10.2 Å². The first kappa shape index (κ1) is 13.1. The minimum atomic E-state index is -2.86. The molecule has 1 amide bonds. The van der Waals surface area contributed by atoms with E-state index in [1.807, 2.05) is 0 Å². The largest absolute Gasteiger partial charge is 0.471 e. The van der Waals surface area contributed by atoms with Crippen LogP contribution in [0.25, 0.3) is 0 Å². The highest BCUT2D eigenvalue weighted by Gasteiger charge is 2.19. The fourth-order valence-electron chi connectivity index (χ4n) is 1.71. The number of carbonyl (C=O) groups is 1. The molecule has 0 saturated carbocycles. The second-order valence-electron chi connectivity index (χ2n) is 3.84. The first-order chi connectivity index (χ1) is 9.11. The molecule has 1 heterocycles. The number of nitrogens with one attached hydrogen (secondary N) is 1. The van der Waals surface area contributed by atoms with Crippen LogP contribution in [0.2, 0.25) is 0 Å². The summed E-state index contributed by atoms with van der Waals surface area (Å²) in [5.41, 5.74) is 2.02. The maximum absolute atomic E-state index is 12.5. The number of amides is 1. The lowest BCUT2D eigenvalue weighted by Crippen LogP contribution is -2.15. The quantitative estimate of drug-likeness (QED) is 0.513. The van der Waals surface area contributed by atoms with E-state index >= 15 is 0 Å². The number of carbonyl (C=O) groups excluding carboxylic acids is 1. The molecule has 0 fully saturated rings. The fourth-order valence-corrected chi connectivity index (χ4v) is 1.71. The van der Waals surface area contributed by atoms with Gasteiger partial charge < -0.3 is 10.1 Å². The third kappa shape index (κ3) is 2.93. The minimum Gasteiger partial charge on any atom is -0.471 e. The van der Waals surface area contributed by atoms with Crippen LogP contribution >= 0.6 is 0 Å². The van der Waals surface area contributed by atoms with E-state index in [4.69, 9.17) is 4.74 Å². The number of halogens is 2. The Kier molecular flexibility index (Phi) is 3.84. The fraction of sp³-hybridized carbons (Fsp3) is 0.250. The zero-order chi connectivity index (χ0) is 13.8. The summed E-state index contributed by atoms with van der Waals surface area (Å²) in [6.07, 6.45) is -2.86. The van der Waals surface area contributed by atoms with E-state index in [9.17, 15) is 13.6 Å². The van der Waals surface area contributed by atoms with Crippen LogP contribution in [-0.2, 0) is 17.9 Å². The lowest BCUT2D eigenvalue weighted by atomic mass is 10.1. The third-order valence-electron chi connectivity index (χ3n) is 2.60. The van der Waals surface area contributed by atoms with Gasteiger partial charge in [0, 0.05) is 18.8 Å². The summed E-state index contributed by atoms with van der Waals surface area (Å²) in [6, 6.07) is 5.09. The Morgan fingerprint density at radius 3 is 3.00 bits per heavy atom. The number of fused-ring (bicyclic) bond motifs is 1. The van der Waals surface area contributed by atoms with Gasteiger partial charge in [-0.05, 0) is 17.2 Å². The van der Waals surface area contributed by atoms with E-state index in [0.29, 0.717) is 17.7 Å². The van der Waals surface area contributed by atoms with E-state index in [-0.39, 0.29) is 12.5 Å². The molecule has 2 rings (SSSR count). The van der Waals surface area contributed by atoms with Gasteiger partial charge in [-0.2, -0.15) is 13.9 Å². The number of benzene rings is 1. The summed E-state index contributed by atoms with van der Waals surface area (Å²) in [7, 11) is 0. The number of rotatable bonds is 4. The molecule has 0 bridgehead atoms. The lowest BCUT2D eigenvalue weighted by Gasteiger charge is -2.08. The number of alkyl halides is 2. The van der Waals surface area contributed by atoms with Crippen LogP contribution in [0.1, 0.15) is 21.5 Å². The topological polar surface area (TPSA) is 63.1 Å². The summed E-state index contributed by atoms with van der Waals surface area (Å²) in [4.78, 5) is 11.4. The van der Waals surface area contributed by atoms with Crippen LogP contribution in [0.15, 0.2) is 28.4 Å². The maximum Gasteiger partial charge on any atom is 0.314 e. The lowest BCUT2D eigenvalue weighted by molar-refractivity contribution is 0.0965. The first-order valence-electron chi connectivity index (χ1n) is 5.46. The van der Waals surface area contributed by atoms with Gasteiger partial charge in [-0.15, -0.1) is 5.10 Å². The van der Waals surface area contributed by atoms with Crippen molar-refractivity contribution in [3.8, 4) is 0 Å². The molecule has 1 aliphatic heterocycles.